The Labute approximate surface area is 108 Å². The summed E-state index contributed by atoms with van der Waals surface area (Å²) in [7, 11) is 0. The Kier molecular flexibility index (Phi) is 3.68. The number of aliphatic hydroxyl groups is 1. The molecule has 5 N–H and O–H groups in total. The molecular weight excluding hydrogens is 252 g/mol. The molecule has 2 atom stereocenters. The second-order valence-electron chi connectivity index (χ2n) is 4.38. The quantitative estimate of drug-likeness (QED) is 0.481. The lowest BCUT2D eigenvalue weighted by atomic mass is 10.1. The predicted molar refractivity (Wildman–Crippen MR) is 66.1 cm³/mol. The lowest BCUT2D eigenvalue weighted by Crippen LogP contribution is -2.35. The first-order valence-electron chi connectivity index (χ1n) is 5.76. The minimum atomic E-state index is -1.15. The fourth-order valence-corrected chi connectivity index (χ4v) is 1.91. The Balaban J connectivity index is 2.12. The number of nitrogens with one attached hydrogen (secondary N) is 2. The number of phenols is 1. The van der Waals surface area contributed by atoms with E-state index in [2.05, 4.69) is 10.6 Å². The highest BCUT2D eigenvalue weighted by Crippen LogP contribution is 2.24. The van der Waals surface area contributed by atoms with Gasteiger partial charge in [-0.2, -0.15) is 0 Å². The van der Waals surface area contributed by atoms with Crippen LogP contribution in [-0.2, 0) is 4.79 Å². The number of benzene rings is 1. The van der Waals surface area contributed by atoms with Crippen LogP contribution in [0.4, 0.5) is 5.69 Å². The van der Waals surface area contributed by atoms with Gasteiger partial charge in [-0.05, 0) is 24.6 Å². The highest BCUT2D eigenvalue weighted by atomic mass is 16.4. The molecule has 0 aliphatic carbocycles. The van der Waals surface area contributed by atoms with Crippen molar-refractivity contribution in [2.24, 2.45) is 0 Å². The van der Waals surface area contributed by atoms with E-state index in [4.69, 9.17) is 5.11 Å². The Morgan fingerprint density at radius 1 is 1.37 bits per heavy atom. The molecule has 1 amide bonds. The van der Waals surface area contributed by atoms with Crippen molar-refractivity contribution in [2.45, 2.75) is 18.6 Å². The number of β-amino-alcohol motifs (C(OH)–C–C–N with tert-alkyl or cyclic N) is 1. The smallest absolute Gasteiger partial charge is 0.335 e. The highest BCUT2D eigenvalue weighted by molar-refractivity contribution is 5.98. The Morgan fingerprint density at radius 2 is 2.11 bits per heavy atom. The van der Waals surface area contributed by atoms with E-state index in [1.54, 1.807) is 0 Å². The van der Waals surface area contributed by atoms with Crippen molar-refractivity contribution in [1.82, 2.24) is 5.32 Å². The van der Waals surface area contributed by atoms with Gasteiger partial charge in [0.2, 0.25) is 5.91 Å². The van der Waals surface area contributed by atoms with Gasteiger partial charge in [-0.1, -0.05) is 0 Å². The molecular formula is C12H14N2O5. The van der Waals surface area contributed by atoms with Gasteiger partial charge in [0, 0.05) is 6.54 Å². The summed E-state index contributed by atoms with van der Waals surface area (Å²) in [5.41, 5.74) is 0.000561. The minimum absolute atomic E-state index is 0.0347. The third kappa shape index (κ3) is 3.01. The van der Waals surface area contributed by atoms with E-state index in [-0.39, 0.29) is 23.4 Å². The molecule has 0 spiro atoms. The molecule has 0 aromatic heterocycles. The van der Waals surface area contributed by atoms with Crippen LogP contribution in [0.15, 0.2) is 18.2 Å². The van der Waals surface area contributed by atoms with Crippen LogP contribution in [0.5, 0.6) is 5.75 Å². The van der Waals surface area contributed by atoms with Gasteiger partial charge < -0.3 is 26.0 Å². The first kappa shape index (κ1) is 13.3. The number of rotatable bonds is 3. The van der Waals surface area contributed by atoms with Crippen molar-refractivity contribution >= 4 is 17.6 Å². The Hall–Kier alpha value is -2.12. The van der Waals surface area contributed by atoms with Crippen molar-refractivity contribution in [3.63, 3.8) is 0 Å². The molecule has 0 saturated carbocycles. The van der Waals surface area contributed by atoms with Crippen LogP contribution >= 0.6 is 0 Å². The third-order valence-corrected chi connectivity index (χ3v) is 2.93. The Bertz CT molecular complexity index is 517. The molecule has 0 bridgehead atoms. The summed E-state index contributed by atoms with van der Waals surface area (Å²) in [4.78, 5) is 22.7. The molecule has 1 aromatic carbocycles. The van der Waals surface area contributed by atoms with Gasteiger partial charge in [0.1, 0.15) is 5.75 Å². The first-order valence-corrected chi connectivity index (χ1v) is 5.76. The normalized spacial score (nSPS) is 22.2. The van der Waals surface area contributed by atoms with Crippen LogP contribution < -0.4 is 10.6 Å². The van der Waals surface area contributed by atoms with Crippen molar-refractivity contribution in [1.29, 1.82) is 0 Å². The van der Waals surface area contributed by atoms with E-state index in [0.717, 1.165) is 0 Å². The fraction of sp³-hybridized carbons (Fsp3) is 0.333. The zero-order valence-corrected chi connectivity index (χ0v) is 9.96. The molecule has 2 unspecified atom stereocenters. The van der Waals surface area contributed by atoms with Gasteiger partial charge in [0.25, 0.3) is 0 Å². The van der Waals surface area contributed by atoms with Gasteiger partial charge in [0.15, 0.2) is 0 Å². The van der Waals surface area contributed by atoms with Gasteiger partial charge in [-0.3, -0.25) is 4.79 Å². The maximum absolute atomic E-state index is 11.9. The number of aromatic carboxylic acids is 1. The van der Waals surface area contributed by atoms with Crippen molar-refractivity contribution in [3.05, 3.63) is 23.8 Å². The van der Waals surface area contributed by atoms with Crippen LogP contribution in [0.25, 0.3) is 0 Å². The lowest BCUT2D eigenvalue weighted by molar-refractivity contribution is -0.118. The molecule has 1 aliphatic heterocycles. The van der Waals surface area contributed by atoms with Gasteiger partial charge in [0.05, 0.1) is 23.4 Å². The largest absolute Gasteiger partial charge is 0.506 e. The van der Waals surface area contributed by atoms with E-state index < -0.39 is 24.0 Å². The topological polar surface area (TPSA) is 119 Å². The zero-order valence-electron chi connectivity index (χ0n) is 9.96. The van der Waals surface area contributed by atoms with E-state index in [9.17, 15) is 19.8 Å². The summed E-state index contributed by atoms with van der Waals surface area (Å²) in [6, 6.07) is 3.07. The molecule has 1 aromatic rings. The maximum Gasteiger partial charge on any atom is 0.335 e. The number of hydrogen-bond donors (Lipinski definition) is 5. The highest BCUT2D eigenvalue weighted by Gasteiger charge is 2.28. The van der Waals surface area contributed by atoms with Gasteiger partial charge in [-0.15, -0.1) is 0 Å². The van der Waals surface area contributed by atoms with Crippen LogP contribution in [-0.4, -0.2) is 45.9 Å². The molecule has 1 aliphatic rings. The molecule has 0 radical (unpaired) electrons. The predicted octanol–water partition coefficient (Wildman–Crippen LogP) is -0.248. The van der Waals surface area contributed by atoms with E-state index in [1.165, 1.54) is 18.2 Å². The second kappa shape index (κ2) is 5.25. The summed E-state index contributed by atoms with van der Waals surface area (Å²) in [5.74, 6) is -1.78. The van der Waals surface area contributed by atoms with Gasteiger partial charge in [-0.25, -0.2) is 4.79 Å². The van der Waals surface area contributed by atoms with Crippen molar-refractivity contribution in [2.75, 3.05) is 11.9 Å². The molecule has 1 fully saturated rings. The number of carbonyl (C=O) groups excluding carboxylic acids is 1. The number of carboxylic acids is 1. The zero-order chi connectivity index (χ0) is 14.0. The molecule has 2 rings (SSSR count). The fourth-order valence-electron chi connectivity index (χ4n) is 1.91. The SMILES string of the molecule is O=C(O)c1ccc(O)c(NC(=O)C2CC(O)CN2)c1. The second-order valence-corrected chi connectivity index (χ2v) is 4.38. The first-order chi connectivity index (χ1) is 8.97. The van der Waals surface area contributed by atoms with Crippen LogP contribution in [0.1, 0.15) is 16.8 Å². The summed E-state index contributed by atoms with van der Waals surface area (Å²) in [6.07, 6.45) is -0.291. The molecule has 7 nitrogen and oxygen atoms in total. The molecule has 102 valence electrons. The number of anilines is 1. The number of aliphatic hydroxyl groups excluding tert-OH is 1. The maximum atomic E-state index is 11.9. The summed E-state index contributed by atoms with van der Waals surface area (Å²) in [6.45, 7) is 0.333. The summed E-state index contributed by atoms with van der Waals surface area (Å²) in [5, 5.41) is 33.0. The summed E-state index contributed by atoms with van der Waals surface area (Å²) < 4.78 is 0. The van der Waals surface area contributed by atoms with Gasteiger partial charge >= 0.3 is 5.97 Å². The van der Waals surface area contributed by atoms with Crippen LogP contribution in [0.2, 0.25) is 0 Å². The van der Waals surface area contributed by atoms with E-state index >= 15 is 0 Å². The van der Waals surface area contributed by atoms with E-state index in [1.807, 2.05) is 0 Å². The van der Waals surface area contributed by atoms with Crippen LogP contribution in [0.3, 0.4) is 0 Å². The molecule has 1 saturated heterocycles. The average molecular weight is 266 g/mol. The summed E-state index contributed by atoms with van der Waals surface area (Å²) >= 11 is 0. The van der Waals surface area contributed by atoms with Crippen molar-refractivity contribution in [3.8, 4) is 5.75 Å². The van der Waals surface area contributed by atoms with Crippen LogP contribution in [0, 0.1) is 0 Å². The third-order valence-electron chi connectivity index (χ3n) is 2.93. The lowest BCUT2D eigenvalue weighted by Gasteiger charge is -2.12. The molecule has 7 heteroatoms. The van der Waals surface area contributed by atoms with E-state index in [0.29, 0.717) is 6.54 Å². The number of carbonyl (C=O) groups is 2. The molecule has 19 heavy (non-hydrogen) atoms. The van der Waals surface area contributed by atoms with Crippen molar-refractivity contribution < 1.29 is 24.9 Å². The number of hydrogen-bond acceptors (Lipinski definition) is 5. The Morgan fingerprint density at radius 3 is 2.68 bits per heavy atom. The minimum Gasteiger partial charge on any atom is -0.506 e. The monoisotopic (exact) mass is 266 g/mol. The number of aromatic hydroxyl groups is 1. The number of phenolic OH excluding ortho intramolecular Hbond substituents is 1. The standard InChI is InChI=1S/C12H14N2O5/c15-7-4-9(13-5-7)11(17)14-8-3-6(12(18)19)1-2-10(8)16/h1-3,7,9,13,15-16H,4-5H2,(H,14,17)(H,18,19). The molecule has 1 heterocycles. The average Bonchev–Trinajstić information content (AvgIpc) is 2.78. The number of amides is 1. The number of carboxylic acid groups (broad SMARTS) is 1.